The molecule has 1 fully saturated rings. The van der Waals surface area contributed by atoms with E-state index in [0.29, 0.717) is 0 Å². The minimum Gasteiger partial charge on any atom is -0.388 e. The van der Waals surface area contributed by atoms with Gasteiger partial charge in [-0.1, -0.05) is 0 Å². The number of alkyl halides is 1. The Morgan fingerprint density at radius 2 is 1.58 bits per heavy atom. The Morgan fingerprint density at radius 1 is 1.00 bits per heavy atom. The zero-order chi connectivity index (χ0) is 9.30. The molecule has 0 aromatic carbocycles. The largest absolute Gasteiger partial charge is 0.388 e. The summed E-state index contributed by atoms with van der Waals surface area (Å²) in [5.74, 6) is -0.0536. The second-order valence-electron chi connectivity index (χ2n) is 2.69. The van der Waals surface area contributed by atoms with Crippen LogP contribution in [0.15, 0.2) is 0 Å². The molecule has 12 heavy (non-hydrogen) atoms. The molecule has 0 aromatic rings. The van der Waals surface area contributed by atoms with E-state index in [9.17, 15) is 5.11 Å². The highest BCUT2D eigenvalue weighted by molar-refractivity contribution is 6.18. The molecular formula is C6H11ClO5. The molecule has 0 spiro atoms. The van der Waals surface area contributed by atoms with E-state index in [2.05, 4.69) is 0 Å². The molecule has 5 nitrogen and oxygen atoms in total. The van der Waals surface area contributed by atoms with Crippen LogP contribution in [0.1, 0.15) is 0 Å². The molecule has 0 bridgehead atoms. The summed E-state index contributed by atoms with van der Waals surface area (Å²) in [4.78, 5) is 0. The van der Waals surface area contributed by atoms with Gasteiger partial charge in [0, 0.05) is 0 Å². The van der Waals surface area contributed by atoms with Gasteiger partial charge in [-0.3, -0.25) is 0 Å². The first-order chi connectivity index (χ1) is 5.57. The molecule has 1 aliphatic heterocycles. The van der Waals surface area contributed by atoms with E-state index >= 15 is 0 Å². The van der Waals surface area contributed by atoms with Crippen LogP contribution in [-0.2, 0) is 4.74 Å². The monoisotopic (exact) mass is 198 g/mol. The van der Waals surface area contributed by atoms with Crippen LogP contribution in [0.4, 0.5) is 0 Å². The van der Waals surface area contributed by atoms with E-state index in [1.807, 2.05) is 0 Å². The number of aliphatic hydroxyl groups excluding tert-OH is 4. The quantitative estimate of drug-likeness (QED) is 0.367. The van der Waals surface area contributed by atoms with E-state index in [1.165, 1.54) is 0 Å². The van der Waals surface area contributed by atoms with E-state index in [1.54, 1.807) is 0 Å². The highest BCUT2D eigenvalue weighted by Crippen LogP contribution is 2.20. The maximum atomic E-state index is 9.20. The summed E-state index contributed by atoms with van der Waals surface area (Å²) in [6.45, 7) is 0. The molecule has 1 saturated heterocycles. The molecule has 3 unspecified atom stereocenters. The van der Waals surface area contributed by atoms with Gasteiger partial charge in [0.1, 0.15) is 24.4 Å². The smallest absolute Gasteiger partial charge is 0.184 e. The molecule has 1 aliphatic rings. The van der Waals surface area contributed by atoms with Crippen LogP contribution in [-0.4, -0.2) is 57.0 Å². The van der Waals surface area contributed by atoms with Gasteiger partial charge < -0.3 is 25.2 Å². The summed E-state index contributed by atoms with van der Waals surface area (Å²) < 4.78 is 4.69. The van der Waals surface area contributed by atoms with Crippen LogP contribution in [0.5, 0.6) is 0 Å². The number of rotatable bonds is 1. The Hall–Kier alpha value is 0.0900. The van der Waals surface area contributed by atoms with E-state index in [0.717, 1.165) is 0 Å². The van der Waals surface area contributed by atoms with E-state index in [4.69, 9.17) is 31.7 Å². The van der Waals surface area contributed by atoms with Gasteiger partial charge in [-0.2, -0.15) is 0 Å². The summed E-state index contributed by atoms with van der Waals surface area (Å²) in [7, 11) is 0. The molecule has 0 amide bonds. The fourth-order valence-corrected chi connectivity index (χ4v) is 1.31. The molecule has 5 atom stereocenters. The van der Waals surface area contributed by atoms with Crippen LogP contribution in [0.25, 0.3) is 0 Å². The van der Waals surface area contributed by atoms with Crippen molar-refractivity contribution in [1.29, 1.82) is 0 Å². The molecule has 1 heterocycles. The maximum absolute atomic E-state index is 9.20. The van der Waals surface area contributed by atoms with Crippen molar-refractivity contribution in [3.05, 3.63) is 0 Å². The lowest BCUT2D eigenvalue weighted by Crippen LogP contribution is -2.57. The number of aliphatic hydroxyl groups is 4. The molecule has 72 valence electrons. The maximum Gasteiger partial charge on any atom is 0.184 e. The highest BCUT2D eigenvalue weighted by atomic mass is 35.5. The topological polar surface area (TPSA) is 90.2 Å². The zero-order valence-corrected chi connectivity index (χ0v) is 6.92. The summed E-state index contributed by atoms with van der Waals surface area (Å²) in [5.41, 5.74) is 0. The lowest BCUT2D eigenvalue weighted by atomic mass is 10.0. The van der Waals surface area contributed by atoms with Crippen LogP contribution >= 0.6 is 11.6 Å². The van der Waals surface area contributed by atoms with Gasteiger partial charge in [-0.05, 0) is 0 Å². The fraction of sp³-hybridized carbons (Fsp3) is 1.00. The summed E-state index contributed by atoms with van der Waals surface area (Å²) in [6, 6.07) is 0. The van der Waals surface area contributed by atoms with Gasteiger partial charge in [0.25, 0.3) is 0 Å². The number of halogens is 1. The minimum absolute atomic E-state index is 0.0536. The lowest BCUT2D eigenvalue weighted by molar-refractivity contribution is -0.276. The van der Waals surface area contributed by atoms with E-state index in [-0.39, 0.29) is 5.88 Å². The van der Waals surface area contributed by atoms with Crippen molar-refractivity contribution in [2.24, 2.45) is 0 Å². The number of hydrogen-bond acceptors (Lipinski definition) is 5. The predicted molar refractivity (Wildman–Crippen MR) is 39.6 cm³/mol. The lowest BCUT2D eigenvalue weighted by Gasteiger charge is -2.37. The predicted octanol–water partition coefficient (Wildman–Crippen LogP) is -1.97. The third kappa shape index (κ3) is 1.71. The average molecular weight is 199 g/mol. The van der Waals surface area contributed by atoms with Crippen molar-refractivity contribution >= 4 is 11.6 Å². The standard InChI is InChI=1S/C6H11ClO5/c7-1-2-3(8)4(9)5(10)6(11)12-2/h2-6,8-11H,1H2/t2?,3-,4-,5?,6?/m0/s1. The van der Waals surface area contributed by atoms with Gasteiger partial charge in [-0.15, -0.1) is 11.6 Å². The fourth-order valence-electron chi connectivity index (χ4n) is 1.06. The molecule has 6 heteroatoms. The number of ether oxygens (including phenoxy) is 1. The van der Waals surface area contributed by atoms with Crippen molar-refractivity contribution in [3.8, 4) is 0 Å². The van der Waals surface area contributed by atoms with Crippen molar-refractivity contribution in [2.75, 3.05) is 5.88 Å². The van der Waals surface area contributed by atoms with Crippen LogP contribution in [0.3, 0.4) is 0 Å². The first-order valence-corrected chi connectivity index (χ1v) is 4.05. The Morgan fingerprint density at radius 3 is 2.08 bits per heavy atom. The van der Waals surface area contributed by atoms with Gasteiger partial charge in [-0.25, -0.2) is 0 Å². The first-order valence-electron chi connectivity index (χ1n) is 3.51. The second-order valence-corrected chi connectivity index (χ2v) is 3.00. The highest BCUT2D eigenvalue weighted by Gasteiger charge is 2.42. The zero-order valence-electron chi connectivity index (χ0n) is 6.17. The summed E-state index contributed by atoms with van der Waals surface area (Å²) in [6.07, 6.45) is -6.51. The van der Waals surface area contributed by atoms with Crippen LogP contribution in [0.2, 0.25) is 0 Å². The molecule has 0 radical (unpaired) electrons. The number of hydrogen-bond donors (Lipinski definition) is 4. The second kappa shape index (κ2) is 3.87. The first kappa shape index (κ1) is 10.2. The van der Waals surface area contributed by atoms with Crippen molar-refractivity contribution in [1.82, 2.24) is 0 Å². The van der Waals surface area contributed by atoms with E-state index < -0.39 is 30.7 Å². The third-order valence-electron chi connectivity index (χ3n) is 1.84. The molecular weight excluding hydrogens is 188 g/mol. The van der Waals surface area contributed by atoms with Crippen LogP contribution < -0.4 is 0 Å². The molecule has 0 aromatic heterocycles. The minimum atomic E-state index is -1.49. The Balaban J connectivity index is 2.63. The molecule has 0 saturated carbocycles. The Bertz CT molecular complexity index is 150. The van der Waals surface area contributed by atoms with Gasteiger partial charge in [0.2, 0.25) is 0 Å². The average Bonchev–Trinajstić information content (AvgIpc) is 2.08. The summed E-state index contributed by atoms with van der Waals surface area (Å²) >= 11 is 5.36. The molecule has 1 rings (SSSR count). The SMILES string of the molecule is OC1OC(CCl)[C@H](O)[C@H](O)C1O. The normalized spacial score (nSPS) is 49.2. The van der Waals surface area contributed by atoms with Crippen molar-refractivity contribution in [3.63, 3.8) is 0 Å². The van der Waals surface area contributed by atoms with Gasteiger partial charge >= 0.3 is 0 Å². The molecule has 0 aliphatic carbocycles. The Labute approximate surface area is 74.2 Å². The molecule has 4 N–H and O–H groups in total. The third-order valence-corrected chi connectivity index (χ3v) is 2.14. The Kier molecular flexibility index (Phi) is 3.28. The van der Waals surface area contributed by atoms with Gasteiger partial charge in [0.15, 0.2) is 6.29 Å². The van der Waals surface area contributed by atoms with Crippen molar-refractivity contribution < 1.29 is 25.2 Å². The van der Waals surface area contributed by atoms with Crippen LogP contribution in [0, 0.1) is 0 Å². The van der Waals surface area contributed by atoms with Crippen molar-refractivity contribution in [2.45, 2.75) is 30.7 Å². The van der Waals surface area contributed by atoms with Gasteiger partial charge in [0.05, 0.1) is 5.88 Å². The summed E-state index contributed by atoms with van der Waals surface area (Å²) in [5, 5.41) is 36.3.